The fourth-order valence-electron chi connectivity index (χ4n) is 2.51. The van der Waals surface area contributed by atoms with Crippen LogP contribution in [0.4, 0.5) is 5.69 Å². The Balaban J connectivity index is 1.61. The summed E-state index contributed by atoms with van der Waals surface area (Å²) in [5, 5.41) is 3.84. The first-order chi connectivity index (χ1) is 12.2. The molecule has 0 saturated carbocycles. The maximum atomic E-state index is 12.1. The Morgan fingerprint density at radius 3 is 2.68 bits per heavy atom. The number of carbonyl (C=O) groups excluding carboxylic acids is 1. The van der Waals surface area contributed by atoms with Gasteiger partial charge in [0.15, 0.2) is 5.16 Å². The van der Waals surface area contributed by atoms with Gasteiger partial charge >= 0.3 is 0 Å². The molecular weight excluding hydrogens is 334 g/mol. The molecule has 0 unspecified atom stereocenters. The van der Waals surface area contributed by atoms with Gasteiger partial charge in [0.05, 0.1) is 16.7 Å². The van der Waals surface area contributed by atoms with Crippen molar-refractivity contribution >= 4 is 34.3 Å². The highest BCUT2D eigenvalue weighted by Gasteiger charge is 2.07. The molecule has 128 valence electrons. The molecule has 1 amide bonds. The van der Waals surface area contributed by atoms with Crippen molar-refractivity contribution in [2.75, 3.05) is 11.1 Å². The Morgan fingerprint density at radius 2 is 1.92 bits per heavy atom. The number of thioether (sulfide) groups is 1. The van der Waals surface area contributed by atoms with E-state index in [-0.39, 0.29) is 17.2 Å². The number of aromatic amines is 1. The summed E-state index contributed by atoms with van der Waals surface area (Å²) in [6.45, 7) is 2.14. The number of aromatic nitrogens is 2. The third-order valence-electron chi connectivity index (χ3n) is 3.71. The topological polar surface area (TPSA) is 74.8 Å². The van der Waals surface area contributed by atoms with E-state index in [1.165, 1.54) is 17.3 Å². The number of carbonyl (C=O) groups is 1. The van der Waals surface area contributed by atoms with Gasteiger partial charge in [0.25, 0.3) is 5.56 Å². The average molecular weight is 353 g/mol. The van der Waals surface area contributed by atoms with Crippen LogP contribution in [-0.4, -0.2) is 21.6 Å². The predicted molar refractivity (Wildman–Crippen MR) is 102 cm³/mol. The number of aryl methyl sites for hydroxylation is 1. The molecule has 1 aromatic heterocycles. The summed E-state index contributed by atoms with van der Waals surface area (Å²) in [7, 11) is 0. The molecule has 0 saturated heterocycles. The summed E-state index contributed by atoms with van der Waals surface area (Å²) in [6, 6.07) is 15.0. The van der Waals surface area contributed by atoms with Crippen LogP contribution in [0.1, 0.15) is 18.9 Å². The predicted octanol–water partition coefficient (Wildman–Crippen LogP) is 3.61. The van der Waals surface area contributed by atoms with E-state index in [9.17, 15) is 9.59 Å². The Hall–Kier alpha value is -2.60. The number of fused-ring (bicyclic) bond motifs is 1. The Labute approximate surface area is 149 Å². The van der Waals surface area contributed by atoms with Gasteiger partial charge in [-0.2, -0.15) is 0 Å². The largest absolute Gasteiger partial charge is 0.325 e. The smallest absolute Gasteiger partial charge is 0.259 e. The molecule has 0 atom stereocenters. The highest BCUT2D eigenvalue weighted by molar-refractivity contribution is 7.99. The van der Waals surface area contributed by atoms with Crippen LogP contribution in [0.15, 0.2) is 58.5 Å². The number of H-pyrrole nitrogens is 1. The zero-order valence-corrected chi connectivity index (χ0v) is 14.7. The first-order valence-corrected chi connectivity index (χ1v) is 9.15. The summed E-state index contributed by atoms with van der Waals surface area (Å²) in [6.07, 6.45) is 2.13. The van der Waals surface area contributed by atoms with Crippen molar-refractivity contribution in [2.45, 2.75) is 24.9 Å². The quantitative estimate of drug-likeness (QED) is 0.524. The first kappa shape index (κ1) is 17.2. The number of benzene rings is 2. The Morgan fingerprint density at radius 1 is 1.16 bits per heavy atom. The van der Waals surface area contributed by atoms with Gasteiger partial charge in [-0.05, 0) is 36.2 Å². The minimum atomic E-state index is -0.194. The number of para-hydroxylation sites is 1. The van der Waals surface area contributed by atoms with Crippen LogP contribution < -0.4 is 10.9 Å². The summed E-state index contributed by atoms with van der Waals surface area (Å²) in [4.78, 5) is 31.2. The number of amides is 1. The molecule has 6 heteroatoms. The zero-order valence-electron chi connectivity index (χ0n) is 13.9. The SMILES string of the molecule is CCCc1ccc(NC(=O)CSc2nc3ccccc3c(=O)[nH]2)cc1. The molecule has 0 bridgehead atoms. The van der Waals surface area contributed by atoms with Gasteiger partial charge in [0, 0.05) is 5.69 Å². The fourth-order valence-corrected chi connectivity index (χ4v) is 3.18. The van der Waals surface area contributed by atoms with Gasteiger partial charge in [-0.25, -0.2) is 4.98 Å². The number of anilines is 1. The standard InChI is InChI=1S/C19H19N3O2S/c1-2-5-13-8-10-14(11-9-13)20-17(23)12-25-19-21-16-7-4-3-6-15(16)18(24)22-19/h3-4,6-11H,2,5,12H2,1H3,(H,20,23)(H,21,22,24). The van der Waals surface area contributed by atoms with E-state index in [0.29, 0.717) is 16.1 Å². The van der Waals surface area contributed by atoms with Gasteiger partial charge in [0.1, 0.15) is 0 Å². The molecule has 0 aliphatic rings. The van der Waals surface area contributed by atoms with Crippen molar-refractivity contribution in [2.24, 2.45) is 0 Å². The van der Waals surface area contributed by atoms with Gasteiger partial charge in [-0.1, -0.05) is 49.4 Å². The average Bonchev–Trinajstić information content (AvgIpc) is 2.62. The van der Waals surface area contributed by atoms with Crippen LogP contribution in [0.3, 0.4) is 0 Å². The lowest BCUT2D eigenvalue weighted by Crippen LogP contribution is -2.15. The van der Waals surface area contributed by atoms with Gasteiger partial charge in [-0.15, -0.1) is 0 Å². The maximum Gasteiger partial charge on any atom is 0.259 e. The molecule has 3 aromatic rings. The Kier molecular flexibility index (Phi) is 5.50. The van der Waals surface area contributed by atoms with Crippen molar-refractivity contribution in [3.63, 3.8) is 0 Å². The summed E-state index contributed by atoms with van der Waals surface area (Å²) < 4.78 is 0. The van der Waals surface area contributed by atoms with E-state index < -0.39 is 0 Å². The third-order valence-corrected chi connectivity index (χ3v) is 4.58. The van der Waals surface area contributed by atoms with Crippen LogP contribution in [0, 0.1) is 0 Å². The number of nitrogens with one attached hydrogen (secondary N) is 2. The molecule has 2 aromatic carbocycles. The number of rotatable bonds is 6. The lowest BCUT2D eigenvalue weighted by molar-refractivity contribution is -0.113. The van der Waals surface area contributed by atoms with Crippen LogP contribution in [0.25, 0.3) is 10.9 Å². The molecule has 0 aliphatic carbocycles. The molecule has 2 N–H and O–H groups in total. The molecule has 3 rings (SSSR count). The van der Waals surface area contributed by atoms with Crippen LogP contribution in [-0.2, 0) is 11.2 Å². The summed E-state index contributed by atoms with van der Waals surface area (Å²) in [5.41, 5.74) is 2.46. The van der Waals surface area contributed by atoms with E-state index >= 15 is 0 Å². The second kappa shape index (κ2) is 7.98. The zero-order chi connectivity index (χ0) is 17.6. The van der Waals surface area contributed by atoms with Crippen molar-refractivity contribution < 1.29 is 4.79 Å². The van der Waals surface area contributed by atoms with E-state index in [1.807, 2.05) is 30.3 Å². The number of hydrogen-bond donors (Lipinski definition) is 2. The molecule has 0 aliphatic heterocycles. The second-order valence-electron chi connectivity index (χ2n) is 5.67. The van der Waals surface area contributed by atoms with Crippen LogP contribution >= 0.6 is 11.8 Å². The summed E-state index contributed by atoms with van der Waals surface area (Å²) >= 11 is 1.21. The monoisotopic (exact) mass is 353 g/mol. The van der Waals surface area contributed by atoms with Crippen molar-refractivity contribution in [3.05, 3.63) is 64.4 Å². The van der Waals surface area contributed by atoms with E-state index in [4.69, 9.17) is 0 Å². The normalized spacial score (nSPS) is 10.8. The molecule has 1 heterocycles. The van der Waals surface area contributed by atoms with Gasteiger partial charge in [0.2, 0.25) is 5.91 Å². The van der Waals surface area contributed by atoms with Crippen molar-refractivity contribution in [1.82, 2.24) is 9.97 Å². The second-order valence-corrected chi connectivity index (χ2v) is 6.64. The lowest BCUT2D eigenvalue weighted by Gasteiger charge is -2.06. The molecule has 0 fully saturated rings. The molecular formula is C19H19N3O2S. The summed E-state index contributed by atoms with van der Waals surface area (Å²) in [5.74, 6) is 0.0434. The van der Waals surface area contributed by atoms with E-state index in [0.717, 1.165) is 18.5 Å². The number of hydrogen-bond acceptors (Lipinski definition) is 4. The van der Waals surface area contributed by atoms with Crippen molar-refractivity contribution in [3.8, 4) is 0 Å². The fraction of sp³-hybridized carbons (Fsp3) is 0.211. The highest BCUT2D eigenvalue weighted by atomic mass is 32.2. The molecule has 0 radical (unpaired) electrons. The van der Waals surface area contributed by atoms with E-state index in [2.05, 4.69) is 22.2 Å². The molecule has 25 heavy (non-hydrogen) atoms. The maximum absolute atomic E-state index is 12.1. The number of nitrogens with zero attached hydrogens (tertiary/aromatic N) is 1. The first-order valence-electron chi connectivity index (χ1n) is 8.16. The van der Waals surface area contributed by atoms with Gasteiger partial charge < -0.3 is 10.3 Å². The minimum absolute atomic E-state index is 0.135. The highest BCUT2D eigenvalue weighted by Crippen LogP contribution is 2.16. The lowest BCUT2D eigenvalue weighted by atomic mass is 10.1. The van der Waals surface area contributed by atoms with E-state index in [1.54, 1.807) is 18.2 Å². The molecule has 0 spiro atoms. The molecule has 5 nitrogen and oxygen atoms in total. The van der Waals surface area contributed by atoms with Gasteiger partial charge in [-0.3, -0.25) is 9.59 Å². The van der Waals surface area contributed by atoms with Crippen LogP contribution in [0.2, 0.25) is 0 Å². The minimum Gasteiger partial charge on any atom is -0.325 e. The van der Waals surface area contributed by atoms with Crippen LogP contribution in [0.5, 0.6) is 0 Å². The Bertz CT molecular complexity index is 935. The van der Waals surface area contributed by atoms with Crippen molar-refractivity contribution in [1.29, 1.82) is 0 Å². The third kappa shape index (κ3) is 4.48.